The minimum absolute atomic E-state index is 0.261. The van der Waals surface area contributed by atoms with Crippen LogP contribution in [0.25, 0.3) is 11.3 Å². The monoisotopic (exact) mass is 413 g/mol. The summed E-state index contributed by atoms with van der Waals surface area (Å²) in [4.78, 5) is 8.74. The van der Waals surface area contributed by atoms with E-state index in [4.69, 9.17) is 27.8 Å². The van der Waals surface area contributed by atoms with Crippen molar-refractivity contribution in [1.82, 2.24) is 20.3 Å². The van der Waals surface area contributed by atoms with Gasteiger partial charge in [0.25, 0.3) is 0 Å². The molecule has 0 bridgehead atoms. The lowest BCUT2D eigenvalue weighted by atomic mass is 10.2. The Kier molecular flexibility index (Phi) is 5.05. The molecule has 0 spiro atoms. The molecule has 0 amide bonds. The molecule has 2 aromatic heterocycles. The number of anilines is 3. The maximum atomic E-state index is 6.15. The third kappa shape index (κ3) is 4.03. The summed E-state index contributed by atoms with van der Waals surface area (Å²) in [6.07, 6.45) is 1.56. The molecule has 0 aliphatic carbocycles. The summed E-state index contributed by atoms with van der Waals surface area (Å²) in [6, 6.07) is 13.0. The molecule has 0 saturated heterocycles. The number of fused-ring (bicyclic) bond motifs is 1. The Morgan fingerprint density at radius 2 is 1.79 bits per heavy atom. The van der Waals surface area contributed by atoms with Gasteiger partial charge in [0.1, 0.15) is 0 Å². The van der Waals surface area contributed by atoms with Crippen molar-refractivity contribution in [3.8, 4) is 0 Å². The minimum Gasteiger partial charge on any atom is -0.337 e. The van der Waals surface area contributed by atoms with Gasteiger partial charge in [0.2, 0.25) is 11.3 Å². The Morgan fingerprint density at radius 3 is 2.54 bits per heavy atom. The fourth-order valence-electron chi connectivity index (χ4n) is 2.43. The van der Waals surface area contributed by atoms with Crippen LogP contribution in [0.5, 0.6) is 0 Å². The Hall–Kier alpha value is -3.23. The zero-order chi connectivity index (χ0) is 19.5. The Balaban J connectivity index is 1.64. The van der Waals surface area contributed by atoms with Crippen LogP contribution in [0.4, 0.5) is 17.3 Å². The number of halogens is 2. The lowest BCUT2D eigenvalue weighted by Crippen LogP contribution is -2.03. The number of nitrogens with zero attached hydrogens (tertiary/aromatic N) is 5. The zero-order valence-corrected chi connectivity index (χ0v) is 16.0. The molecule has 2 N–H and O–H groups in total. The van der Waals surface area contributed by atoms with Gasteiger partial charge in [0, 0.05) is 16.3 Å². The first-order valence-corrected chi connectivity index (χ1v) is 8.92. The first-order chi connectivity index (χ1) is 13.6. The van der Waals surface area contributed by atoms with Crippen molar-refractivity contribution in [1.29, 1.82) is 0 Å². The molecule has 0 atom stereocenters. The number of nitrogens with one attached hydrogen (secondary N) is 2. The molecule has 28 heavy (non-hydrogen) atoms. The molecular formula is C18H13Cl2N7O. The summed E-state index contributed by atoms with van der Waals surface area (Å²) in [5.74, 6) is 0.777. The summed E-state index contributed by atoms with van der Waals surface area (Å²) in [5.41, 5.74) is 6.04. The second-order valence-corrected chi connectivity index (χ2v) is 6.71. The highest BCUT2D eigenvalue weighted by atomic mass is 35.5. The quantitative estimate of drug-likeness (QED) is 0.357. The summed E-state index contributed by atoms with van der Waals surface area (Å²) >= 11 is 12.1. The highest BCUT2D eigenvalue weighted by Gasteiger charge is 2.13. The van der Waals surface area contributed by atoms with Crippen molar-refractivity contribution in [2.45, 2.75) is 6.92 Å². The summed E-state index contributed by atoms with van der Waals surface area (Å²) in [7, 11) is 0. The number of hydrogen-bond acceptors (Lipinski definition) is 8. The van der Waals surface area contributed by atoms with Crippen LogP contribution < -0.4 is 10.7 Å². The van der Waals surface area contributed by atoms with Crippen LogP contribution in [-0.4, -0.2) is 26.5 Å². The minimum atomic E-state index is 0.261. The third-order valence-corrected chi connectivity index (χ3v) is 4.29. The van der Waals surface area contributed by atoms with E-state index in [0.29, 0.717) is 27.2 Å². The molecule has 8 nitrogen and oxygen atoms in total. The van der Waals surface area contributed by atoms with Gasteiger partial charge in [-0.1, -0.05) is 41.4 Å². The van der Waals surface area contributed by atoms with Crippen molar-refractivity contribution < 1.29 is 4.63 Å². The van der Waals surface area contributed by atoms with Gasteiger partial charge in [-0.25, -0.2) is 9.61 Å². The molecule has 4 aromatic rings. The molecule has 0 aliphatic rings. The van der Waals surface area contributed by atoms with Crippen LogP contribution in [0.15, 0.2) is 52.2 Å². The molecule has 2 heterocycles. The van der Waals surface area contributed by atoms with Crippen molar-refractivity contribution in [2.75, 3.05) is 10.7 Å². The molecule has 0 unspecified atom stereocenters. The van der Waals surface area contributed by atoms with E-state index in [9.17, 15) is 0 Å². The molecule has 4 rings (SSSR count). The van der Waals surface area contributed by atoms with Gasteiger partial charge in [-0.15, -0.1) is 0 Å². The number of rotatable bonds is 5. The largest absolute Gasteiger partial charge is 0.337 e. The van der Waals surface area contributed by atoms with Crippen molar-refractivity contribution >= 4 is 58.0 Å². The van der Waals surface area contributed by atoms with Crippen LogP contribution in [0.1, 0.15) is 11.1 Å². The number of benzene rings is 2. The van der Waals surface area contributed by atoms with Gasteiger partial charge in [0.15, 0.2) is 11.6 Å². The fourth-order valence-corrected chi connectivity index (χ4v) is 2.89. The molecule has 0 radical (unpaired) electrons. The smallest absolute Gasteiger partial charge is 0.245 e. The second-order valence-electron chi connectivity index (χ2n) is 5.86. The van der Waals surface area contributed by atoms with Crippen LogP contribution in [0.2, 0.25) is 10.0 Å². The standard InChI is InChI=1S/C18H13Cl2N7O/c1-10-3-2-4-13(7-10)22-15-16(24-18-17(23-15)26-28-27-18)25-21-9-11-5-6-12(19)8-14(11)20/h2-9H,1H3,(H,22,23,26)(H,24,25,27)/b21-9-. The Bertz CT molecular complexity index is 1180. The lowest BCUT2D eigenvalue weighted by molar-refractivity contribution is 0.314. The highest BCUT2D eigenvalue weighted by Crippen LogP contribution is 2.24. The van der Waals surface area contributed by atoms with Gasteiger partial charge < -0.3 is 5.32 Å². The average Bonchev–Trinajstić information content (AvgIpc) is 3.11. The van der Waals surface area contributed by atoms with Crippen molar-refractivity contribution in [2.24, 2.45) is 5.10 Å². The summed E-state index contributed by atoms with van der Waals surface area (Å²) in [5, 5.41) is 15.9. The van der Waals surface area contributed by atoms with Gasteiger partial charge in [0.05, 0.1) is 11.2 Å². The van der Waals surface area contributed by atoms with E-state index >= 15 is 0 Å². The van der Waals surface area contributed by atoms with Crippen LogP contribution in [0, 0.1) is 6.92 Å². The normalized spacial score (nSPS) is 11.2. The van der Waals surface area contributed by atoms with Gasteiger partial charge >= 0.3 is 0 Å². The van der Waals surface area contributed by atoms with Crippen molar-refractivity contribution in [3.63, 3.8) is 0 Å². The SMILES string of the molecule is Cc1cccc(Nc2nc3nonc3nc2N/N=C\c2ccc(Cl)cc2Cl)c1. The van der Waals surface area contributed by atoms with Gasteiger partial charge in [-0.3, -0.25) is 5.43 Å². The number of aromatic nitrogens is 4. The summed E-state index contributed by atoms with van der Waals surface area (Å²) in [6.45, 7) is 2.00. The summed E-state index contributed by atoms with van der Waals surface area (Å²) < 4.78 is 4.70. The van der Waals surface area contributed by atoms with Crippen LogP contribution in [-0.2, 0) is 0 Å². The van der Waals surface area contributed by atoms with E-state index in [1.165, 1.54) is 0 Å². The van der Waals surface area contributed by atoms with E-state index in [1.54, 1.807) is 24.4 Å². The third-order valence-electron chi connectivity index (χ3n) is 3.73. The van der Waals surface area contributed by atoms with E-state index in [-0.39, 0.29) is 11.3 Å². The van der Waals surface area contributed by atoms with E-state index < -0.39 is 0 Å². The number of aryl methyl sites for hydroxylation is 1. The Labute approximate surface area is 169 Å². The maximum absolute atomic E-state index is 6.15. The molecule has 140 valence electrons. The molecule has 2 aromatic carbocycles. The van der Waals surface area contributed by atoms with E-state index in [0.717, 1.165) is 11.3 Å². The number of hydrazone groups is 1. The second kappa shape index (κ2) is 7.79. The lowest BCUT2D eigenvalue weighted by Gasteiger charge is -2.09. The predicted molar refractivity (Wildman–Crippen MR) is 110 cm³/mol. The Morgan fingerprint density at radius 1 is 1.00 bits per heavy atom. The molecular weight excluding hydrogens is 401 g/mol. The molecule has 0 fully saturated rings. The van der Waals surface area contributed by atoms with E-state index in [1.807, 2.05) is 31.2 Å². The van der Waals surface area contributed by atoms with Crippen LogP contribution in [0.3, 0.4) is 0 Å². The van der Waals surface area contributed by atoms with E-state index in [2.05, 4.69) is 36.1 Å². The fraction of sp³-hybridized carbons (Fsp3) is 0.0556. The molecule has 0 aliphatic heterocycles. The first-order valence-electron chi connectivity index (χ1n) is 8.16. The zero-order valence-electron chi connectivity index (χ0n) is 14.5. The first kappa shape index (κ1) is 18.1. The number of hydrogen-bond donors (Lipinski definition) is 2. The van der Waals surface area contributed by atoms with Gasteiger partial charge in [-0.05, 0) is 47.1 Å². The average molecular weight is 414 g/mol. The predicted octanol–water partition coefficient (Wildman–Crippen LogP) is 4.82. The molecule has 10 heteroatoms. The maximum Gasteiger partial charge on any atom is 0.245 e. The van der Waals surface area contributed by atoms with Crippen molar-refractivity contribution in [3.05, 3.63) is 63.6 Å². The topological polar surface area (TPSA) is 101 Å². The highest BCUT2D eigenvalue weighted by molar-refractivity contribution is 6.36. The van der Waals surface area contributed by atoms with Crippen LogP contribution >= 0.6 is 23.2 Å². The molecule has 0 saturated carbocycles. The van der Waals surface area contributed by atoms with Gasteiger partial charge in [-0.2, -0.15) is 10.1 Å².